The van der Waals surface area contributed by atoms with E-state index in [1.54, 1.807) is 23.0 Å². The third-order valence-electron chi connectivity index (χ3n) is 2.47. The first-order valence-corrected chi connectivity index (χ1v) is 5.79. The summed E-state index contributed by atoms with van der Waals surface area (Å²) in [5.74, 6) is 0.979. The first-order valence-electron chi connectivity index (χ1n) is 4.99. The van der Waals surface area contributed by atoms with Gasteiger partial charge in [-0.05, 0) is 28.1 Å². The van der Waals surface area contributed by atoms with Crippen LogP contribution in [0.3, 0.4) is 0 Å². The van der Waals surface area contributed by atoms with Crippen molar-refractivity contribution in [3.05, 3.63) is 51.4 Å². The van der Waals surface area contributed by atoms with E-state index in [4.69, 9.17) is 0 Å². The smallest absolute Gasteiger partial charge is 0.264 e. The third-order valence-corrected chi connectivity index (χ3v) is 3.07. The van der Waals surface area contributed by atoms with Crippen LogP contribution in [0.25, 0.3) is 0 Å². The molecule has 0 aliphatic rings. The maximum Gasteiger partial charge on any atom is 0.264 e. The molecule has 16 heavy (non-hydrogen) atoms. The van der Waals surface area contributed by atoms with E-state index in [0.717, 1.165) is 12.2 Å². The normalized spacial score (nSPS) is 10.6. The lowest BCUT2D eigenvalue weighted by atomic mass is 10.3. The molecule has 2 heterocycles. The van der Waals surface area contributed by atoms with Gasteiger partial charge in [-0.25, -0.2) is 4.98 Å². The molecule has 0 aromatic carbocycles. The lowest BCUT2D eigenvalue weighted by Gasteiger charge is -2.05. The molecule has 4 nitrogen and oxygen atoms in total. The summed E-state index contributed by atoms with van der Waals surface area (Å²) in [5, 5.41) is 0. The molecule has 0 amide bonds. The number of nitrogens with zero attached hydrogens (tertiary/aromatic N) is 3. The van der Waals surface area contributed by atoms with Crippen LogP contribution in [0.5, 0.6) is 0 Å². The van der Waals surface area contributed by atoms with E-state index in [-0.39, 0.29) is 5.56 Å². The van der Waals surface area contributed by atoms with Gasteiger partial charge in [-0.1, -0.05) is 0 Å². The second kappa shape index (κ2) is 4.65. The Labute approximate surface area is 102 Å². The number of imidazole rings is 1. The predicted octanol–water partition coefficient (Wildman–Crippen LogP) is 1.59. The van der Waals surface area contributed by atoms with E-state index in [0.29, 0.717) is 11.0 Å². The van der Waals surface area contributed by atoms with E-state index in [2.05, 4.69) is 20.9 Å². The fourth-order valence-corrected chi connectivity index (χ4v) is 1.92. The van der Waals surface area contributed by atoms with Gasteiger partial charge < -0.3 is 9.13 Å². The molecule has 0 bridgehead atoms. The van der Waals surface area contributed by atoms with Crippen molar-refractivity contribution in [3.63, 3.8) is 0 Å². The lowest BCUT2D eigenvalue weighted by molar-refractivity contribution is 0.630. The van der Waals surface area contributed by atoms with Crippen LogP contribution in [-0.2, 0) is 20.0 Å². The van der Waals surface area contributed by atoms with Crippen LogP contribution >= 0.6 is 15.9 Å². The molecule has 2 aromatic rings. The quantitative estimate of drug-likeness (QED) is 0.857. The van der Waals surface area contributed by atoms with E-state index < -0.39 is 0 Å². The molecule has 0 saturated carbocycles. The summed E-state index contributed by atoms with van der Waals surface area (Å²) in [5.41, 5.74) is -0.00305. The molecule has 0 N–H and O–H groups in total. The monoisotopic (exact) mass is 281 g/mol. The van der Waals surface area contributed by atoms with Crippen molar-refractivity contribution in [1.82, 2.24) is 14.1 Å². The zero-order chi connectivity index (χ0) is 11.5. The van der Waals surface area contributed by atoms with E-state index in [1.165, 1.54) is 0 Å². The largest absolute Gasteiger partial charge is 0.338 e. The summed E-state index contributed by atoms with van der Waals surface area (Å²) in [4.78, 5) is 15.9. The Bertz CT molecular complexity index is 544. The third kappa shape index (κ3) is 2.24. The summed E-state index contributed by atoms with van der Waals surface area (Å²) in [6.07, 6.45) is 6.20. The second-order valence-electron chi connectivity index (χ2n) is 3.56. The van der Waals surface area contributed by atoms with Crippen molar-refractivity contribution in [1.29, 1.82) is 0 Å². The van der Waals surface area contributed by atoms with Gasteiger partial charge >= 0.3 is 0 Å². The fourth-order valence-electron chi connectivity index (χ4n) is 1.54. The van der Waals surface area contributed by atoms with Crippen LogP contribution in [0.4, 0.5) is 0 Å². The van der Waals surface area contributed by atoms with Crippen LogP contribution in [0.2, 0.25) is 0 Å². The van der Waals surface area contributed by atoms with Crippen molar-refractivity contribution in [2.24, 2.45) is 7.05 Å². The van der Waals surface area contributed by atoms with Gasteiger partial charge in [0.05, 0.1) is 4.47 Å². The molecule has 84 valence electrons. The van der Waals surface area contributed by atoms with E-state index in [1.807, 2.05) is 23.9 Å². The molecule has 0 atom stereocenters. The zero-order valence-corrected chi connectivity index (χ0v) is 10.5. The van der Waals surface area contributed by atoms with Crippen molar-refractivity contribution < 1.29 is 0 Å². The number of hydrogen-bond donors (Lipinski definition) is 0. The Hall–Kier alpha value is -1.36. The molecule has 2 aromatic heterocycles. The molecule has 0 unspecified atom stereocenters. The van der Waals surface area contributed by atoms with Gasteiger partial charge in [0.1, 0.15) is 5.82 Å². The molecular formula is C11H12BrN3O. The van der Waals surface area contributed by atoms with Gasteiger partial charge in [0.2, 0.25) is 0 Å². The number of hydrogen-bond acceptors (Lipinski definition) is 2. The number of halogens is 1. The Morgan fingerprint density at radius 1 is 1.44 bits per heavy atom. The predicted molar refractivity (Wildman–Crippen MR) is 65.3 cm³/mol. The van der Waals surface area contributed by atoms with Crippen LogP contribution in [0, 0.1) is 0 Å². The van der Waals surface area contributed by atoms with Crippen molar-refractivity contribution in [2.75, 3.05) is 0 Å². The summed E-state index contributed by atoms with van der Waals surface area (Å²) >= 11 is 3.23. The van der Waals surface area contributed by atoms with Gasteiger partial charge in [0.25, 0.3) is 5.56 Å². The number of aryl methyl sites for hydroxylation is 3. The van der Waals surface area contributed by atoms with E-state index >= 15 is 0 Å². The Morgan fingerprint density at radius 2 is 2.25 bits per heavy atom. The van der Waals surface area contributed by atoms with Gasteiger partial charge in [0, 0.05) is 38.6 Å². The van der Waals surface area contributed by atoms with E-state index in [9.17, 15) is 4.79 Å². The maximum atomic E-state index is 11.7. The topological polar surface area (TPSA) is 39.8 Å². The minimum absolute atomic E-state index is 0.00305. The highest BCUT2D eigenvalue weighted by molar-refractivity contribution is 9.10. The van der Waals surface area contributed by atoms with Crippen molar-refractivity contribution >= 4 is 15.9 Å². The van der Waals surface area contributed by atoms with Crippen molar-refractivity contribution in [3.8, 4) is 0 Å². The van der Waals surface area contributed by atoms with Gasteiger partial charge in [-0.2, -0.15) is 0 Å². The molecule has 0 saturated heterocycles. The van der Waals surface area contributed by atoms with Crippen LogP contribution in [-0.4, -0.2) is 14.1 Å². The van der Waals surface area contributed by atoms with Gasteiger partial charge in [-0.3, -0.25) is 4.79 Å². The Balaban J connectivity index is 2.14. The molecule has 0 aliphatic heterocycles. The minimum Gasteiger partial charge on any atom is -0.338 e. The molecular weight excluding hydrogens is 270 g/mol. The van der Waals surface area contributed by atoms with Gasteiger partial charge in [0.15, 0.2) is 0 Å². The summed E-state index contributed by atoms with van der Waals surface area (Å²) in [7, 11) is 1.95. The number of pyridine rings is 1. The molecule has 0 spiro atoms. The molecule has 2 rings (SSSR count). The average molecular weight is 282 g/mol. The van der Waals surface area contributed by atoms with Crippen LogP contribution < -0.4 is 5.56 Å². The first kappa shape index (κ1) is 11.1. The molecule has 0 fully saturated rings. The number of aromatic nitrogens is 3. The highest BCUT2D eigenvalue weighted by atomic mass is 79.9. The van der Waals surface area contributed by atoms with Crippen LogP contribution in [0.15, 0.2) is 40.0 Å². The first-order chi connectivity index (χ1) is 7.68. The standard InChI is InChI=1S/C11H12BrN3O/c1-14-8-5-13-10(14)4-7-15-6-2-3-9(12)11(15)16/h2-3,5-6,8H,4,7H2,1H3. The zero-order valence-electron chi connectivity index (χ0n) is 8.93. The Morgan fingerprint density at radius 3 is 2.94 bits per heavy atom. The second-order valence-corrected chi connectivity index (χ2v) is 4.41. The Kier molecular flexibility index (Phi) is 3.24. The summed E-state index contributed by atoms with van der Waals surface area (Å²) in [6.45, 7) is 0.642. The average Bonchev–Trinajstić information content (AvgIpc) is 2.67. The fraction of sp³-hybridized carbons (Fsp3) is 0.273. The lowest BCUT2D eigenvalue weighted by Crippen LogP contribution is -2.21. The number of rotatable bonds is 3. The maximum absolute atomic E-state index is 11.7. The highest BCUT2D eigenvalue weighted by Crippen LogP contribution is 2.02. The van der Waals surface area contributed by atoms with Crippen LogP contribution in [0.1, 0.15) is 5.82 Å². The summed E-state index contributed by atoms with van der Waals surface area (Å²) in [6, 6.07) is 3.60. The molecule has 5 heteroatoms. The molecule has 0 radical (unpaired) electrons. The minimum atomic E-state index is -0.00305. The molecule has 0 aliphatic carbocycles. The summed E-state index contributed by atoms with van der Waals surface area (Å²) < 4.78 is 4.23. The highest BCUT2D eigenvalue weighted by Gasteiger charge is 2.02. The van der Waals surface area contributed by atoms with Gasteiger partial charge in [-0.15, -0.1) is 0 Å². The SMILES string of the molecule is Cn1ccnc1CCn1cccc(Br)c1=O. The van der Waals surface area contributed by atoms with Crippen molar-refractivity contribution in [2.45, 2.75) is 13.0 Å².